The molecule has 152 valence electrons. The number of thiazole rings is 1. The Kier molecular flexibility index (Phi) is 4.66. The molecule has 0 bridgehead atoms. The lowest BCUT2D eigenvalue weighted by atomic mass is 10.3. The average Bonchev–Trinajstić information content (AvgIpc) is 3.37. The molecule has 4 aromatic rings. The molecule has 0 spiro atoms. The van der Waals surface area contributed by atoms with E-state index in [1.54, 1.807) is 12.7 Å². The molecule has 9 heteroatoms. The van der Waals surface area contributed by atoms with E-state index in [9.17, 15) is 4.79 Å². The Balaban J connectivity index is 1.29. The molecule has 0 aliphatic carbocycles. The Hall–Kier alpha value is -3.33. The van der Waals surface area contributed by atoms with Gasteiger partial charge in [-0.05, 0) is 26.0 Å². The van der Waals surface area contributed by atoms with Gasteiger partial charge in [0.15, 0.2) is 5.01 Å². The van der Waals surface area contributed by atoms with E-state index in [0.717, 1.165) is 46.3 Å². The number of rotatable bonds is 3. The van der Waals surface area contributed by atoms with Gasteiger partial charge in [0.25, 0.3) is 5.91 Å². The second-order valence-corrected chi connectivity index (χ2v) is 8.32. The standard InChI is InChI=1S/C21H21N7OS/c1-14-15(2)28(13-24-14)19-11-18(22-12-23-19)26-7-9-27(10-8-26)21(29)20-25-16-5-3-4-6-17(16)30-20/h3-6,11-13H,7-10H2,1-2H3. The molecule has 3 aromatic heterocycles. The monoisotopic (exact) mass is 419 g/mol. The number of carbonyl (C=O) groups is 1. The number of piperazine rings is 1. The van der Waals surface area contributed by atoms with Crippen LogP contribution in [0.3, 0.4) is 0 Å². The van der Waals surface area contributed by atoms with Crippen LogP contribution in [0.4, 0.5) is 5.82 Å². The van der Waals surface area contributed by atoms with E-state index in [1.165, 1.54) is 11.3 Å². The quantitative estimate of drug-likeness (QED) is 0.508. The predicted molar refractivity (Wildman–Crippen MR) is 116 cm³/mol. The van der Waals surface area contributed by atoms with Gasteiger partial charge in [0.2, 0.25) is 0 Å². The van der Waals surface area contributed by atoms with Crippen LogP contribution < -0.4 is 4.90 Å². The van der Waals surface area contributed by atoms with Crippen molar-refractivity contribution < 1.29 is 4.79 Å². The molecule has 0 saturated carbocycles. The molecule has 8 nitrogen and oxygen atoms in total. The molecule has 1 saturated heterocycles. The lowest BCUT2D eigenvalue weighted by Gasteiger charge is -2.35. The maximum atomic E-state index is 12.9. The Labute approximate surface area is 177 Å². The molecule has 1 aliphatic heterocycles. The van der Waals surface area contributed by atoms with Crippen molar-refractivity contribution in [2.75, 3.05) is 31.1 Å². The minimum Gasteiger partial charge on any atom is -0.353 e. The zero-order valence-electron chi connectivity index (χ0n) is 16.8. The van der Waals surface area contributed by atoms with Crippen LogP contribution in [0.15, 0.2) is 43.0 Å². The molecule has 1 fully saturated rings. The summed E-state index contributed by atoms with van der Waals surface area (Å²) in [4.78, 5) is 34.7. The maximum Gasteiger partial charge on any atom is 0.282 e. The second kappa shape index (κ2) is 7.49. The number of aromatic nitrogens is 5. The number of nitrogens with zero attached hydrogens (tertiary/aromatic N) is 7. The Morgan fingerprint density at radius 2 is 1.77 bits per heavy atom. The number of benzene rings is 1. The first-order chi connectivity index (χ1) is 14.6. The molecule has 1 aliphatic rings. The first-order valence-corrected chi connectivity index (χ1v) is 10.6. The first-order valence-electron chi connectivity index (χ1n) is 9.83. The van der Waals surface area contributed by atoms with Crippen LogP contribution in [0.1, 0.15) is 21.2 Å². The van der Waals surface area contributed by atoms with Gasteiger partial charge < -0.3 is 9.80 Å². The summed E-state index contributed by atoms with van der Waals surface area (Å²) in [5, 5.41) is 0.555. The van der Waals surface area contributed by atoms with Crippen molar-refractivity contribution in [2.24, 2.45) is 0 Å². The van der Waals surface area contributed by atoms with Gasteiger partial charge in [-0.15, -0.1) is 11.3 Å². The number of para-hydroxylation sites is 1. The smallest absolute Gasteiger partial charge is 0.282 e. The van der Waals surface area contributed by atoms with Crippen molar-refractivity contribution in [3.8, 4) is 5.82 Å². The first kappa shape index (κ1) is 18.7. The minimum atomic E-state index is 0.00346. The molecule has 0 N–H and O–H groups in total. The van der Waals surface area contributed by atoms with E-state index in [4.69, 9.17) is 0 Å². The SMILES string of the molecule is Cc1ncn(-c2cc(N3CCN(C(=O)c4nc5ccccc5s4)CC3)ncn2)c1C. The third-order valence-corrected chi connectivity index (χ3v) is 6.53. The summed E-state index contributed by atoms with van der Waals surface area (Å²) in [6, 6.07) is 9.82. The summed E-state index contributed by atoms with van der Waals surface area (Å²) in [5.41, 5.74) is 2.92. The predicted octanol–water partition coefficient (Wildman–Crippen LogP) is 2.85. The van der Waals surface area contributed by atoms with Gasteiger partial charge in [0, 0.05) is 37.9 Å². The molecular formula is C21H21N7OS. The highest BCUT2D eigenvalue weighted by atomic mass is 32.1. The fourth-order valence-corrected chi connectivity index (χ4v) is 4.54. The maximum absolute atomic E-state index is 12.9. The molecule has 4 heterocycles. The van der Waals surface area contributed by atoms with Gasteiger partial charge in [-0.1, -0.05) is 12.1 Å². The Morgan fingerprint density at radius 3 is 2.50 bits per heavy atom. The summed E-state index contributed by atoms with van der Waals surface area (Å²) in [5.74, 6) is 1.66. The number of amides is 1. The summed E-state index contributed by atoms with van der Waals surface area (Å²) in [6.45, 7) is 6.71. The third-order valence-electron chi connectivity index (χ3n) is 5.50. The highest BCUT2D eigenvalue weighted by Crippen LogP contribution is 2.24. The number of carbonyl (C=O) groups excluding carboxylic acids is 1. The van der Waals surface area contributed by atoms with E-state index in [2.05, 4.69) is 24.8 Å². The van der Waals surface area contributed by atoms with Crippen LogP contribution in [0.5, 0.6) is 0 Å². The molecule has 1 aromatic carbocycles. The number of hydrogen-bond donors (Lipinski definition) is 0. The van der Waals surface area contributed by atoms with Crippen LogP contribution in [0.2, 0.25) is 0 Å². The van der Waals surface area contributed by atoms with Crippen molar-refractivity contribution in [1.82, 2.24) is 29.4 Å². The van der Waals surface area contributed by atoms with E-state index < -0.39 is 0 Å². The average molecular weight is 420 g/mol. The lowest BCUT2D eigenvalue weighted by Crippen LogP contribution is -2.49. The van der Waals surface area contributed by atoms with Gasteiger partial charge in [0.05, 0.1) is 15.9 Å². The number of anilines is 1. The normalized spacial score (nSPS) is 14.5. The highest BCUT2D eigenvalue weighted by Gasteiger charge is 2.25. The zero-order valence-corrected chi connectivity index (χ0v) is 17.6. The topological polar surface area (TPSA) is 80.0 Å². The van der Waals surface area contributed by atoms with Crippen molar-refractivity contribution in [1.29, 1.82) is 0 Å². The van der Waals surface area contributed by atoms with Crippen LogP contribution in [-0.4, -0.2) is 61.5 Å². The molecular weight excluding hydrogens is 398 g/mol. The van der Waals surface area contributed by atoms with Crippen molar-refractivity contribution in [2.45, 2.75) is 13.8 Å². The molecule has 0 atom stereocenters. The minimum absolute atomic E-state index is 0.00346. The van der Waals surface area contributed by atoms with Crippen LogP contribution in [-0.2, 0) is 0 Å². The largest absolute Gasteiger partial charge is 0.353 e. The molecule has 1 amide bonds. The van der Waals surface area contributed by atoms with Gasteiger partial charge in [-0.25, -0.2) is 19.9 Å². The highest BCUT2D eigenvalue weighted by molar-refractivity contribution is 7.20. The summed E-state index contributed by atoms with van der Waals surface area (Å²) < 4.78 is 3.01. The second-order valence-electron chi connectivity index (χ2n) is 7.29. The molecule has 5 rings (SSSR count). The lowest BCUT2D eigenvalue weighted by molar-refractivity contribution is 0.0746. The van der Waals surface area contributed by atoms with Crippen molar-refractivity contribution in [3.05, 3.63) is 59.4 Å². The van der Waals surface area contributed by atoms with Gasteiger partial charge in [-0.2, -0.15) is 0 Å². The molecule has 0 radical (unpaired) electrons. The van der Waals surface area contributed by atoms with E-state index in [1.807, 2.05) is 53.6 Å². The van der Waals surface area contributed by atoms with Crippen molar-refractivity contribution in [3.63, 3.8) is 0 Å². The fraction of sp³-hybridized carbons (Fsp3) is 0.286. The number of fused-ring (bicyclic) bond motifs is 1. The Bertz CT molecular complexity index is 1190. The molecule has 30 heavy (non-hydrogen) atoms. The van der Waals surface area contributed by atoms with Crippen LogP contribution in [0, 0.1) is 13.8 Å². The number of aryl methyl sites for hydroxylation is 1. The zero-order chi connectivity index (χ0) is 20.7. The Morgan fingerprint density at radius 1 is 1.00 bits per heavy atom. The summed E-state index contributed by atoms with van der Waals surface area (Å²) in [6.07, 6.45) is 3.36. The number of hydrogen-bond acceptors (Lipinski definition) is 7. The summed E-state index contributed by atoms with van der Waals surface area (Å²) in [7, 11) is 0. The number of imidazole rings is 1. The summed E-state index contributed by atoms with van der Waals surface area (Å²) >= 11 is 1.45. The van der Waals surface area contributed by atoms with Crippen molar-refractivity contribution >= 4 is 33.3 Å². The van der Waals surface area contributed by atoms with Crippen LogP contribution >= 0.6 is 11.3 Å². The third kappa shape index (κ3) is 3.30. The van der Waals surface area contributed by atoms with E-state index in [0.29, 0.717) is 18.1 Å². The van der Waals surface area contributed by atoms with E-state index >= 15 is 0 Å². The van der Waals surface area contributed by atoms with E-state index in [-0.39, 0.29) is 5.91 Å². The van der Waals surface area contributed by atoms with Gasteiger partial charge in [0.1, 0.15) is 24.3 Å². The molecule has 0 unspecified atom stereocenters. The van der Waals surface area contributed by atoms with Crippen LogP contribution in [0.25, 0.3) is 16.0 Å². The fourth-order valence-electron chi connectivity index (χ4n) is 3.61. The van der Waals surface area contributed by atoms with Gasteiger partial charge in [-0.3, -0.25) is 9.36 Å². The van der Waals surface area contributed by atoms with Gasteiger partial charge >= 0.3 is 0 Å².